The van der Waals surface area contributed by atoms with Crippen LogP contribution < -0.4 is 10.6 Å². The Morgan fingerprint density at radius 3 is 2.54 bits per heavy atom. The third-order valence-electron chi connectivity index (χ3n) is 3.86. The molecule has 6 nitrogen and oxygen atoms in total. The predicted molar refractivity (Wildman–Crippen MR) is 100.0 cm³/mol. The molecule has 26 heavy (non-hydrogen) atoms. The lowest BCUT2D eigenvalue weighted by atomic mass is 10.1. The molecule has 0 radical (unpaired) electrons. The molecule has 0 fully saturated rings. The highest BCUT2D eigenvalue weighted by Crippen LogP contribution is 2.10. The summed E-state index contributed by atoms with van der Waals surface area (Å²) in [6.45, 7) is 5.46. The average Bonchev–Trinajstić information content (AvgIpc) is 3.13. The standard InChI is InChI=1S/C19H22N2O4S/c1-12-6-7-15(9-13(12)2)19(24)21-11-17(22)25-14(3)18(23)20-10-16-5-4-8-26-16/h4-9,14H,10-11H2,1-3H3,(H,20,23)(H,21,24)/t14-/m0/s1. The van der Waals surface area contributed by atoms with Gasteiger partial charge in [0.1, 0.15) is 6.54 Å². The first kappa shape index (κ1) is 19.7. The molecular formula is C19H22N2O4S. The minimum atomic E-state index is -0.930. The van der Waals surface area contributed by atoms with Gasteiger partial charge in [-0.15, -0.1) is 11.3 Å². The number of rotatable bonds is 7. The van der Waals surface area contributed by atoms with E-state index >= 15 is 0 Å². The number of carbonyl (C=O) groups is 3. The quantitative estimate of drug-likeness (QED) is 0.729. The van der Waals surface area contributed by atoms with Crippen molar-refractivity contribution in [2.75, 3.05) is 6.54 Å². The van der Waals surface area contributed by atoms with Gasteiger partial charge in [-0.2, -0.15) is 0 Å². The SMILES string of the molecule is Cc1ccc(C(=O)NCC(=O)O[C@@H](C)C(=O)NCc2cccs2)cc1C. The number of amides is 2. The van der Waals surface area contributed by atoms with Crippen LogP contribution in [0.2, 0.25) is 0 Å². The molecule has 0 bridgehead atoms. The molecule has 0 unspecified atom stereocenters. The van der Waals surface area contributed by atoms with Crippen LogP contribution in [0.3, 0.4) is 0 Å². The third-order valence-corrected chi connectivity index (χ3v) is 4.73. The summed E-state index contributed by atoms with van der Waals surface area (Å²) in [4.78, 5) is 36.8. The predicted octanol–water partition coefficient (Wildman–Crippen LogP) is 2.34. The highest BCUT2D eigenvalue weighted by atomic mass is 32.1. The molecule has 1 aromatic heterocycles. The zero-order valence-corrected chi connectivity index (χ0v) is 15.8. The number of hydrogen-bond acceptors (Lipinski definition) is 5. The summed E-state index contributed by atoms with van der Waals surface area (Å²) >= 11 is 1.53. The fourth-order valence-corrected chi connectivity index (χ4v) is 2.81. The largest absolute Gasteiger partial charge is 0.451 e. The number of hydrogen-bond donors (Lipinski definition) is 2. The average molecular weight is 374 g/mol. The van der Waals surface area contributed by atoms with Gasteiger partial charge in [0.15, 0.2) is 6.10 Å². The molecule has 0 aliphatic heterocycles. The van der Waals surface area contributed by atoms with Gasteiger partial charge < -0.3 is 15.4 Å². The third kappa shape index (κ3) is 5.70. The second-order valence-corrected chi connectivity index (χ2v) is 6.94. The minimum absolute atomic E-state index is 0.297. The second-order valence-electron chi connectivity index (χ2n) is 5.91. The van der Waals surface area contributed by atoms with Gasteiger partial charge in [-0.3, -0.25) is 14.4 Å². The lowest BCUT2D eigenvalue weighted by molar-refractivity contribution is -0.153. The zero-order chi connectivity index (χ0) is 19.1. The van der Waals surface area contributed by atoms with E-state index in [1.165, 1.54) is 18.3 Å². The van der Waals surface area contributed by atoms with Crippen LogP contribution in [0.15, 0.2) is 35.7 Å². The van der Waals surface area contributed by atoms with E-state index in [1.807, 2.05) is 37.4 Å². The monoisotopic (exact) mass is 374 g/mol. The molecule has 0 aliphatic carbocycles. The summed E-state index contributed by atoms with van der Waals surface area (Å²) < 4.78 is 5.05. The number of benzene rings is 1. The highest BCUT2D eigenvalue weighted by molar-refractivity contribution is 7.09. The van der Waals surface area contributed by atoms with E-state index in [-0.39, 0.29) is 18.4 Å². The van der Waals surface area contributed by atoms with Gasteiger partial charge in [0, 0.05) is 10.4 Å². The topological polar surface area (TPSA) is 84.5 Å². The van der Waals surface area contributed by atoms with E-state index in [0.29, 0.717) is 12.1 Å². The molecule has 0 saturated heterocycles. The van der Waals surface area contributed by atoms with E-state index < -0.39 is 12.1 Å². The normalized spacial score (nSPS) is 11.5. The van der Waals surface area contributed by atoms with Gasteiger partial charge in [-0.05, 0) is 55.5 Å². The molecule has 0 aliphatic rings. The van der Waals surface area contributed by atoms with E-state index in [0.717, 1.165) is 16.0 Å². The number of aryl methyl sites for hydroxylation is 2. The molecule has 7 heteroatoms. The number of esters is 1. The first-order valence-electron chi connectivity index (χ1n) is 8.22. The Balaban J connectivity index is 1.75. The van der Waals surface area contributed by atoms with Gasteiger partial charge in [0.25, 0.3) is 11.8 Å². The van der Waals surface area contributed by atoms with E-state index in [4.69, 9.17) is 4.74 Å². The maximum absolute atomic E-state index is 12.1. The van der Waals surface area contributed by atoms with Crippen LogP contribution in [0.4, 0.5) is 0 Å². The Kier molecular flexibility index (Phi) is 6.91. The molecular weight excluding hydrogens is 352 g/mol. The summed E-state index contributed by atoms with van der Waals surface area (Å²) in [5, 5.41) is 7.12. The Labute approximate surface area is 156 Å². The number of carbonyl (C=O) groups excluding carboxylic acids is 3. The van der Waals surface area contributed by atoms with Gasteiger partial charge in [-0.1, -0.05) is 12.1 Å². The van der Waals surface area contributed by atoms with Crippen molar-refractivity contribution in [2.24, 2.45) is 0 Å². The number of ether oxygens (including phenoxy) is 1. The van der Waals surface area contributed by atoms with Crippen molar-refractivity contribution in [1.82, 2.24) is 10.6 Å². The maximum Gasteiger partial charge on any atom is 0.326 e. The fraction of sp³-hybridized carbons (Fsp3) is 0.316. The summed E-state index contributed by atoms with van der Waals surface area (Å²) in [5.74, 6) is -1.41. The second kappa shape index (κ2) is 9.15. The fourth-order valence-electron chi connectivity index (χ4n) is 2.16. The van der Waals surface area contributed by atoms with Gasteiger partial charge in [-0.25, -0.2) is 0 Å². The molecule has 2 N–H and O–H groups in total. The maximum atomic E-state index is 12.1. The lowest BCUT2D eigenvalue weighted by Crippen LogP contribution is -2.38. The Hall–Kier alpha value is -2.67. The first-order chi connectivity index (χ1) is 12.4. The van der Waals surface area contributed by atoms with Crippen molar-refractivity contribution in [3.8, 4) is 0 Å². The molecule has 1 aromatic carbocycles. The molecule has 2 rings (SSSR count). The van der Waals surface area contributed by atoms with E-state index in [2.05, 4.69) is 10.6 Å². The van der Waals surface area contributed by atoms with Gasteiger partial charge in [0.2, 0.25) is 0 Å². The van der Waals surface area contributed by atoms with Crippen LogP contribution in [0.25, 0.3) is 0 Å². The summed E-state index contributed by atoms with van der Waals surface area (Å²) in [6, 6.07) is 9.11. The number of thiophene rings is 1. The van der Waals surface area contributed by atoms with Crippen LogP contribution in [0.1, 0.15) is 33.3 Å². The highest BCUT2D eigenvalue weighted by Gasteiger charge is 2.18. The Morgan fingerprint density at radius 2 is 1.88 bits per heavy atom. The number of nitrogens with one attached hydrogen (secondary N) is 2. The van der Waals surface area contributed by atoms with E-state index in [9.17, 15) is 14.4 Å². The molecule has 1 heterocycles. The van der Waals surface area contributed by atoms with E-state index in [1.54, 1.807) is 12.1 Å². The zero-order valence-electron chi connectivity index (χ0n) is 15.0. The van der Waals surface area contributed by atoms with Gasteiger partial charge >= 0.3 is 5.97 Å². The van der Waals surface area contributed by atoms with Gasteiger partial charge in [0.05, 0.1) is 6.54 Å². The first-order valence-corrected chi connectivity index (χ1v) is 9.10. The molecule has 0 spiro atoms. The minimum Gasteiger partial charge on any atom is -0.451 e. The van der Waals surface area contributed by atoms with Crippen LogP contribution in [-0.4, -0.2) is 30.4 Å². The summed E-state index contributed by atoms with van der Waals surface area (Å²) in [6.07, 6.45) is -0.930. The van der Waals surface area contributed by atoms with Crippen LogP contribution in [-0.2, 0) is 20.9 Å². The molecule has 1 atom stereocenters. The Bertz CT molecular complexity index is 787. The molecule has 0 saturated carbocycles. The molecule has 2 aromatic rings. The van der Waals surface area contributed by atoms with Crippen molar-refractivity contribution >= 4 is 29.1 Å². The van der Waals surface area contributed by atoms with Crippen molar-refractivity contribution in [3.05, 3.63) is 57.3 Å². The lowest BCUT2D eigenvalue weighted by Gasteiger charge is -2.13. The Morgan fingerprint density at radius 1 is 1.12 bits per heavy atom. The van der Waals surface area contributed by atoms with Crippen LogP contribution in [0.5, 0.6) is 0 Å². The molecule has 138 valence electrons. The summed E-state index contributed by atoms with van der Waals surface area (Å²) in [7, 11) is 0. The van der Waals surface area contributed by atoms with Crippen molar-refractivity contribution in [3.63, 3.8) is 0 Å². The van der Waals surface area contributed by atoms with Crippen LogP contribution >= 0.6 is 11.3 Å². The molecule has 2 amide bonds. The van der Waals surface area contributed by atoms with Crippen molar-refractivity contribution < 1.29 is 19.1 Å². The summed E-state index contributed by atoms with van der Waals surface area (Å²) in [5.41, 5.74) is 2.56. The van der Waals surface area contributed by atoms with Crippen molar-refractivity contribution in [1.29, 1.82) is 0 Å². The van der Waals surface area contributed by atoms with Crippen LogP contribution in [0, 0.1) is 13.8 Å². The van der Waals surface area contributed by atoms with Crippen molar-refractivity contribution in [2.45, 2.75) is 33.4 Å². The smallest absolute Gasteiger partial charge is 0.326 e.